The first-order chi connectivity index (χ1) is 21.3. The second kappa shape index (κ2) is 12.3. The van der Waals surface area contributed by atoms with Crippen molar-refractivity contribution in [3.05, 3.63) is 95.1 Å². The van der Waals surface area contributed by atoms with Gasteiger partial charge in [0, 0.05) is 36.3 Å². The van der Waals surface area contributed by atoms with Crippen LogP contribution in [0.2, 0.25) is 0 Å². The summed E-state index contributed by atoms with van der Waals surface area (Å²) in [4.78, 5) is 0.750. The fourth-order valence-corrected chi connectivity index (χ4v) is 11.0. The van der Waals surface area contributed by atoms with Crippen molar-refractivity contribution in [1.82, 2.24) is 19.2 Å². The lowest BCUT2D eigenvalue weighted by Gasteiger charge is -2.31. The van der Waals surface area contributed by atoms with Crippen LogP contribution < -0.4 is 10.6 Å². The number of hydrogen-bond donors (Lipinski definition) is 2. The number of nitrogens with one attached hydrogen (secondary N) is 2. The smallest absolute Gasteiger partial charge is 0.245 e. The summed E-state index contributed by atoms with van der Waals surface area (Å²) >= 11 is 0. The molecule has 3 aromatic rings. The Morgan fingerprint density at radius 2 is 0.886 bits per heavy atom. The van der Waals surface area contributed by atoms with Gasteiger partial charge in [-0.1, -0.05) is 99.2 Å². The molecule has 2 heterocycles. The average molecular weight is 635 g/mol. The second-order valence-electron chi connectivity index (χ2n) is 12.8. The van der Waals surface area contributed by atoms with Crippen LogP contribution in [0.5, 0.6) is 0 Å². The number of nitrogens with zero attached hydrogens (tertiary/aromatic N) is 2. The van der Waals surface area contributed by atoms with E-state index in [0.29, 0.717) is 21.9 Å². The standard InChI is InChI=1S/C34H42N4O4S2/c39-43(40)31-17-9-7-15-29(31)33(35-27-11-3-1-4-12-27)37(43)23-25-19-21-26(22-20-25)24-38-34(36-28-13-5-2-6-14-28)30-16-8-10-18-32(30)44(38,41)42/h7-10,15-22,27-28,33-36H,1-6,11-14,23-24H2/t33-,34+. The second-order valence-corrected chi connectivity index (χ2v) is 16.5. The Hall–Kier alpha value is -2.60. The molecular formula is C34H42N4O4S2. The zero-order chi connectivity index (χ0) is 30.3. The van der Waals surface area contributed by atoms with Crippen molar-refractivity contribution in [2.24, 2.45) is 0 Å². The molecule has 2 N–H and O–H groups in total. The topological polar surface area (TPSA) is 98.8 Å². The van der Waals surface area contributed by atoms with Gasteiger partial charge >= 0.3 is 0 Å². The lowest BCUT2D eigenvalue weighted by atomic mass is 9.95. The van der Waals surface area contributed by atoms with Crippen LogP contribution in [0.3, 0.4) is 0 Å². The first-order valence-corrected chi connectivity index (χ1v) is 19.0. The first kappa shape index (κ1) is 30.1. The summed E-state index contributed by atoms with van der Waals surface area (Å²) in [6.07, 6.45) is 10.5. The molecule has 10 heteroatoms. The maximum atomic E-state index is 13.7. The Bertz CT molecular complexity index is 1570. The van der Waals surface area contributed by atoms with Crippen LogP contribution in [0.4, 0.5) is 0 Å². The molecule has 7 rings (SSSR count). The highest BCUT2D eigenvalue weighted by Gasteiger charge is 2.44. The number of sulfonamides is 2. The van der Waals surface area contributed by atoms with E-state index in [2.05, 4.69) is 10.6 Å². The molecule has 3 aromatic carbocycles. The molecule has 0 saturated heterocycles. The van der Waals surface area contributed by atoms with Crippen LogP contribution in [0.15, 0.2) is 82.6 Å². The maximum Gasteiger partial charge on any atom is 0.245 e. The van der Waals surface area contributed by atoms with Crippen molar-refractivity contribution in [2.45, 2.75) is 112 Å². The van der Waals surface area contributed by atoms with Crippen LogP contribution in [0.25, 0.3) is 0 Å². The fourth-order valence-electron chi connectivity index (χ4n) is 7.52. The molecule has 234 valence electrons. The largest absolute Gasteiger partial charge is 0.294 e. The molecule has 2 saturated carbocycles. The minimum Gasteiger partial charge on any atom is -0.294 e. The zero-order valence-corrected chi connectivity index (χ0v) is 26.7. The first-order valence-electron chi connectivity index (χ1n) is 16.1. The van der Waals surface area contributed by atoms with Gasteiger partial charge in [0.2, 0.25) is 20.0 Å². The van der Waals surface area contributed by atoms with Crippen LogP contribution in [0.1, 0.15) is 98.8 Å². The van der Waals surface area contributed by atoms with Gasteiger partial charge in [-0.05, 0) is 48.9 Å². The lowest BCUT2D eigenvalue weighted by Crippen LogP contribution is -2.42. The van der Waals surface area contributed by atoms with E-state index in [9.17, 15) is 16.8 Å². The molecule has 0 unspecified atom stereocenters. The van der Waals surface area contributed by atoms with Gasteiger partial charge in [0.15, 0.2) is 0 Å². The molecule has 0 radical (unpaired) electrons. The van der Waals surface area contributed by atoms with Gasteiger partial charge in [0.25, 0.3) is 0 Å². The van der Waals surface area contributed by atoms with Crippen molar-refractivity contribution in [3.63, 3.8) is 0 Å². The van der Waals surface area contributed by atoms with E-state index >= 15 is 0 Å². The van der Waals surface area contributed by atoms with Gasteiger partial charge in [-0.15, -0.1) is 0 Å². The fraction of sp³-hybridized carbons (Fsp3) is 0.471. The summed E-state index contributed by atoms with van der Waals surface area (Å²) in [7, 11) is -7.33. The van der Waals surface area contributed by atoms with Gasteiger partial charge in [0.05, 0.1) is 9.79 Å². The van der Waals surface area contributed by atoms with Crippen LogP contribution in [-0.4, -0.2) is 37.5 Å². The third-order valence-electron chi connectivity index (χ3n) is 9.87. The lowest BCUT2D eigenvalue weighted by molar-refractivity contribution is 0.232. The van der Waals surface area contributed by atoms with Gasteiger partial charge < -0.3 is 0 Å². The van der Waals surface area contributed by atoms with Crippen molar-refractivity contribution >= 4 is 20.0 Å². The number of hydrogen-bond acceptors (Lipinski definition) is 6. The molecule has 44 heavy (non-hydrogen) atoms. The Morgan fingerprint density at radius 1 is 0.523 bits per heavy atom. The van der Waals surface area contributed by atoms with Crippen LogP contribution in [0, 0.1) is 0 Å². The molecule has 0 amide bonds. The Morgan fingerprint density at radius 3 is 1.27 bits per heavy atom. The molecule has 4 aliphatic rings. The Kier molecular flexibility index (Phi) is 8.41. The zero-order valence-electron chi connectivity index (χ0n) is 25.1. The predicted molar refractivity (Wildman–Crippen MR) is 170 cm³/mol. The maximum absolute atomic E-state index is 13.7. The van der Waals surface area contributed by atoms with Gasteiger partial charge in [-0.3, -0.25) is 10.6 Å². The van der Waals surface area contributed by atoms with Gasteiger partial charge in [0.1, 0.15) is 12.3 Å². The molecule has 2 aliphatic heterocycles. The summed E-state index contributed by atoms with van der Waals surface area (Å²) in [6.45, 7) is 0.474. The SMILES string of the molecule is O=S1(=O)c2ccccc2[C@@H](NC2CCCCC2)N1Cc1ccc(CN2[C@@H](NC3CCCCC3)c3ccccc3S2(=O)=O)cc1. The van der Waals surface area contributed by atoms with Crippen LogP contribution >= 0.6 is 0 Å². The molecule has 0 aromatic heterocycles. The number of rotatable bonds is 8. The molecular weight excluding hydrogens is 593 g/mol. The molecule has 8 nitrogen and oxygen atoms in total. The normalized spacial score (nSPS) is 25.5. The highest BCUT2D eigenvalue weighted by Crippen LogP contribution is 2.41. The molecule has 2 aliphatic carbocycles. The Balaban J connectivity index is 1.11. The highest BCUT2D eigenvalue weighted by molar-refractivity contribution is 7.89. The summed E-state index contributed by atoms with van der Waals surface area (Å²) in [5.41, 5.74) is 3.35. The minimum absolute atomic E-state index is 0.237. The molecule has 2 atom stereocenters. The van der Waals surface area contributed by atoms with E-state index in [1.807, 2.05) is 48.5 Å². The van der Waals surface area contributed by atoms with E-state index in [1.54, 1.807) is 32.9 Å². The van der Waals surface area contributed by atoms with E-state index < -0.39 is 32.4 Å². The Labute approximate surface area is 262 Å². The van der Waals surface area contributed by atoms with E-state index in [-0.39, 0.29) is 13.1 Å². The van der Waals surface area contributed by atoms with E-state index in [0.717, 1.165) is 73.6 Å². The average Bonchev–Trinajstić information content (AvgIpc) is 3.38. The van der Waals surface area contributed by atoms with Gasteiger partial charge in [-0.25, -0.2) is 16.8 Å². The van der Waals surface area contributed by atoms with E-state index in [4.69, 9.17) is 0 Å². The highest BCUT2D eigenvalue weighted by atomic mass is 32.2. The summed E-state index contributed by atoms with van der Waals surface area (Å²) < 4.78 is 58.1. The summed E-state index contributed by atoms with van der Waals surface area (Å²) in [5.74, 6) is 0. The third-order valence-corrected chi connectivity index (χ3v) is 13.6. The van der Waals surface area contributed by atoms with Crippen LogP contribution in [-0.2, 0) is 33.1 Å². The minimum atomic E-state index is -3.67. The van der Waals surface area contributed by atoms with Gasteiger partial charge in [-0.2, -0.15) is 8.61 Å². The molecule has 2 fully saturated rings. The van der Waals surface area contributed by atoms with E-state index in [1.165, 1.54) is 12.8 Å². The number of fused-ring (bicyclic) bond motifs is 2. The molecule has 0 spiro atoms. The van der Waals surface area contributed by atoms with Crippen molar-refractivity contribution in [2.75, 3.05) is 0 Å². The quantitative estimate of drug-likeness (QED) is 0.319. The number of benzene rings is 3. The summed E-state index contributed by atoms with van der Waals surface area (Å²) in [5, 5.41) is 7.36. The molecule has 0 bridgehead atoms. The monoisotopic (exact) mass is 634 g/mol. The third kappa shape index (κ3) is 5.65. The summed E-state index contributed by atoms with van der Waals surface area (Å²) in [6, 6.07) is 23.0. The van der Waals surface area contributed by atoms with Crippen molar-refractivity contribution < 1.29 is 16.8 Å². The van der Waals surface area contributed by atoms with Crippen molar-refractivity contribution in [3.8, 4) is 0 Å². The van der Waals surface area contributed by atoms with Crippen molar-refractivity contribution in [1.29, 1.82) is 0 Å². The predicted octanol–water partition coefficient (Wildman–Crippen LogP) is 5.94.